The van der Waals surface area contributed by atoms with Gasteiger partial charge in [-0.1, -0.05) is 43.0 Å². The summed E-state index contributed by atoms with van der Waals surface area (Å²) in [7, 11) is 0. The Bertz CT molecular complexity index is 470. The number of benzene rings is 1. The van der Waals surface area contributed by atoms with E-state index in [-0.39, 0.29) is 0 Å². The fraction of sp³-hybridized carbons (Fsp3) is 0.312. The van der Waals surface area contributed by atoms with Gasteiger partial charge in [0, 0.05) is 6.54 Å². The van der Waals surface area contributed by atoms with E-state index in [0.717, 1.165) is 11.1 Å². The van der Waals surface area contributed by atoms with Crippen LogP contribution < -0.4 is 5.32 Å². The number of nitrogens with one attached hydrogen (secondary N) is 1. The summed E-state index contributed by atoms with van der Waals surface area (Å²) < 4.78 is 5.13. The van der Waals surface area contributed by atoms with Crippen molar-refractivity contribution in [3.05, 3.63) is 48.0 Å². The van der Waals surface area contributed by atoms with E-state index in [1.165, 1.54) is 0 Å². The summed E-state index contributed by atoms with van der Waals surface area (Å²) in [6.45, 7) is 9.68. The Hall–Kier alpha value is -2.03. The van der Waals surface area contributed by atoms with E-state index in [1.54, 1.807) is 6.08 Å². The van der Waals surface area contributed by atoms with Gasteiger partial charge < -0.3 is 10.1 Å². The highest BCUT2D eigenvalue weighted by molar-refractivity contribution is 5.68. The van der Waals surface area contributed by atoms with E-state index in [4.69, 9.17) is 4.74 Å². The van der Waals surface area contributed by atoms with Crippen molar-refractivity contribution >= 4 is 18.2 Å². The molecule has 0 atom stereocenters. The summed E-state index contributed by atoms with van der Waals surface area (Å²) in [6.07, 6.45) is 5.23. The number of carbonyl (C=O) groups excluding carboxylic acids is 1. The van der Waals surface area contributed by atoms with Crippen molar-refractivity contribution in [2.24, 2.45) is 0 Å². The largest absolute Gasteiger partial charge is 0.444 e. The number of alkyl carbamates (subject to hydrolysis) is 1. The average molecular weight is 259 g/mol. The molecule has 0 radical (unpaired) electrons. The average Bonchev–Trinajstić information content (AvgIpc) is 2.33. The molecule has 0 bridgehead atoms. The molecular weight excluding hydrogens is 238 g/mol. The molecule has 1 aromatic carbocycles. The standard InChI is InChI=1S/C16H21NO2/c1-5-13-8-6-9-14(12-13)10-7-11-17-15(18)19-16(2,3)4/h5-10,12H,1,11H2,2-4H3,(H,17,18). The van der Waals surface area contributed by atoms with Crippen molar-refractivity contribution in [2.75, 3.05) is 6.54 Å². The zero-order valence-electron chi connectivity index (χ0n) is 11.8. The van der Waals surface area contributed by atoms with Gasteiger partial charge >= 0.3 is 6.09 Å². The Morgan fingerprint density at radius 1 is 1.37 bits per heavy atom. The topological polar surface area (TPSA) is 38.3 Å². The minimum atomic E-state index is -0.466. The molecule has 1 N–H and O–H groups in total. The number of rotatable bonds is 4. The van der Waals surface area contributed by atoms with Crippen molar-refractivity contribution < 1.29 is 9.53 Å². The van der Waals surface area contributed by atoms with Gasteiger partial charge in [0.05, 0.1) is 0 Å². The lowest BCUT2D eigenvalue weighted by Crippen LogP contribution is -2.32. The fourth-order valence-electron chi connectivity index (χ4n) is 1.44. The second-order valence-corrected chi connectivity index (χ2v) is 5.16. The van der Waals surface area contributed by atoms with Gasteiger partial charge in [-0.15, -0.1) is 0 Å². The number of amides is 1. The predicted octanol–water partition coefficient (Wildman–Crippen LogP) is 3.87. The minimum absolute atomic E-state index is 0.406. The zero-order chi connectivity index (χ0) is 14.3. The lowest BCUT2D eigenvalue weighted by molar-refractivity contribution is 0.0534. The Kier molecular flexibility index (Phi) is 5.37. The first-order chi connectivity index (χ1) is 8.90. The monoisotopic (exact) mass is 259 g/mol. The van der Waals surface area contributed by atoms with E-state index in [0.29, 0.717) is 6.54 Å². The van der Waals surface area contributed by atoms with E-state index < -0.39 is 11.7 Å². The molecule has 3 heteroatoms. The maximum absolute atomic E-state index is 11.4. The van der Waals surface area contributed by atoms with Crippen LogP contribution in [0.3, 0.4) is 0 Å². The maximum atomic E-state index is 11.4. The van der Waals surface area contributed by atoms with E-state index in [9.17, 15) is 4.79 Å². The van der Waals surface area contributed by atoms with Crippen LogP contribution in [0.25, 0.3) is 12.2 Å². The van der Waals surface area contributed by atoms with Crippen LogP contribution in [-0.2, 0) is 4.74 Å². The van der Waals surface area contributed by atoms with Crippen molar-refractivity contribution in [3.63, 3.8) is 0 Å². The summed E-state index contributed by atoms with van der Waals surface area (Å²) >= 11 is 0. The van der Waals surface area contributed by atoms with Crippen LogP contribution in [-0.4, -0.2) is 18.2 Å². The van der Waals surface area contributed by atoms with Crippen LogP contribution in [0.15, 0.2) is 36.9 Å². The Labute approximate surface area is 115 Å². The molecule has 0 spiro atoms. The van der Waals surface area contributed by atoms with Gasteiger partial charge in [-0.05, 0) is 38.0 Å². The lowest BCUT2D eigenvalue weighted by Gasteiger charge is -2.19. The summed E-state index contributed by atoms with van der Waals surface area (Å²) in [5.74, 6) is 0. The molecule has 0 fully saturated rings. The Balaban J connectivity index is 2.42. The van der Waals surface area contributed by atoms with Gasteiger partial charge in [0.25, 0.3) is 0 Å². The van der Waals surface area contributed by atoms with E-state index >= 15 is 0 Å². The Morgan fingerprint density at radius 2 is 2.05 bits per heavy atom. The zero-order valence-corrected chi connectivity index (χ0v) is 11.8. The van der Waals surface area contributed by atoms with Gasteiger partial charge in [-0.2, -0.15) is 0 Å². The third-order valence-corrected chi connectivity index (χ3v) is 2.22. The van der Waals surface area contributed by atoms with Crippen LogP contribution in [0.1, 0.15) is 31.9 Å². The van der Waals surface area contributed by atoms with Crippen LogP contribution in [0, 0.1) is 0 Å². The Morgan fingerprint density at radius 3 is 2.68 bits per heavy atom. The minimum Gasteiger partial charge on any atom is -0.444 e. The molecule has 19 heavy (non-hydrogen) atoms. The van der Waals surface area contributed by atoms with Gasteiger partial charge in [0.2, 0.25) is 0 Å². The van der Waals surface area contributed by atoms with Gasteiger partial charge in [-0.3, -0.25) is 0 Å². The molecule has 0 unspecified atom stereocenters. The molecule has 0 heterocycles. The number of hydrogen-bond acceptors (Lipinski definition) is 2. The first kappa shape index (κ1) is 15.0. The molecule has 3 nitrogen and oxygen atoms in total. The summed E-state index contributed by atoms with van der Waals surface area (Å²) in [5, 5.41) is 2.67. The molecule has 1 aromatic rings. The third-order valence-electron chi connectivity index (χ3n) is 2.22. The highest BCUT2D eigenvalue weighted by atomic mass is 16.6. The lowest BCUT2D eigenvalue weighted by atomic mass is 10.1. The fourth-order valence-corrected chi connectivity index (χ4v) is 1.44. The van der Waals surface area contributed by atoms with Gasteiger partial charge in [0.15, 0.2) is 0 Å². The molecule has 1 rings (SSSR count). The van der Waals surface area contributed by atoms with Gasteiger partial charge in [0.1, 0.15) is 5.60 Å². The second-order valence-electron chi connectivity index (χ2n) is 5.16. The summed E-state index contributed by atoms with van der Waals surface area (Å²) in [6, 6.07) is 7.98. The normalized spacial score (nSPS) is 11.3. The molecule has 0 aliphatic rings. The molecule has 0 aliphatic carbocycles. The van der Waals surface area contributed by atoms with Crippen molar-refractivity contribution in [1.82, 2.24) is 5.32 Å². The molecule has 102 valence electrons. The van der Waals surface area contributed by atoms with Crippen LogP contribution in [0.5, 0.6) is 0 Å². The number of carbonyl (C=O) groups is 1. The maximum Gasteiger partial charge on any atom is 0.407 e. The SMILES string of the molecule is C=Cc1cccc(C=CCNC(=O)OC(C)(C)C)c1. The van der Waals surface area contributed by atoms with Gasteiger partial charge in [-0.25, -0.2) is 4.79 Å². The number of ether oxygens (including phenoxy) is 1. The van der Waals surface area contributed by atoms with E-state index in [2.05, 4.69) is 11.9 Å². The first-order valence-corrected chi connectivity index (χ1v) is 6.26. The smallest absolute Gasteiger partial charge is 0.407 e. The van der Waals surface area contributed by atoms with Crippen LogP contribution >= 0.6 is 0 Å². The molecule has 0 saturated carbocycles. The molecule has 0 aliphatic heterocycles. The molecular formula is C16H21NO2. The van der Waals surface area contributed by atoms with Crippen molar-refractivity contribution in [2.45, 2.75) is 26.4 Å². The molecule has 0 saturated heterocycles. The summed E-state index contributed by atoms with van der Waals surface area (Å²) in [4.78, 5) is 11.4. The van der Waals surface area contributed by atoms with Crippen LogP contribution in [0.2, 0.25) is 0 Å². The van der Waals surface area contributed by atoms with Crippen molar-refractivity contribution in [1.29, 1.82) is 0 Å². The number of hydrogen-bond donors (Lipinski definition) is 1. The van der Waals surface area contributed by atoms with E-state index in [1.807, 2.05) is 57.2 Å². The van der Waals surface area contributed by atoms with Crippen molar-refractivity contribution in [3.8, 4) is 0 Å². The predicted molar refractivity (Wildman–Crippen MR) is 79.8 cm³/mol. The second kappa shape index (κ2) is 6.78. The highest BCUT2D eigenvalue weighted by Crippen LogP contribution is 2.08. The molecule has 1 amide bonds. The highest BCUT2D eigenvalue weighted by Gasteiger charge is 2.14. The third kappa shape index (κ3) is 6.46. The summed E-state index contributed by atoms with van der Waals surface area (Å²) in [5.41, 5.74) is 1.68. The first-order valence-electron chi connectivity index (χ1n) is 6.26. The van der Waals surface area contributed by atoms with Crippen LogP contribution in [0.4, 0.5) is 4.79 Å². The quantitative estimate of drug-likeness (QED) is 0.891. The molecule has 0 aromatic heterocycles.